The Labute approximate surface area is 88.8 Å². The van der Waals surface area contributed by atoms with E-state index in [0.29, 0.717) is 0 Å². The Morgan fingerprint density at radius 3 is 1.85 bits per heavy atom. The Balaban J connectivity index is 0. The average Bonchev–Trinajstić information content (AvgIpc) is 2.08. The molecule has 0 fully saturated rings. The molecule has 2 N–H and O–H groups in total. The van der Waals surface area contributed by atoms with E-state index in [2.05, 4.69) is 26.0 Å². The topological polar surface area (TPSA) is 26.0 Å². The molecule has 0 saturated carbocycles. The molecule has 0 spiro atoms. The molecular weight excluding hydrogens is 178 g/mol. The van der Waals surface area contributed by atoms with Crippen LogP contribution in [0.2, 0.25) is 0 Å². The van der Waals surface area contributed by atoms with Crippen molar-refractivity contribution in [2.75, 3.05) is 6.54 Å². The highest BCUT2D eigenvalue weighted by molar-refractivity contribution is 7.59. The summed E-state index contributed by atoms with van der Waals surface area (Å²) in [5.74, 6) is 0. The number of aryl methyl sites for hydroxylation is 1. The second-order valence-corrected chi connectivity index (χ2v) is 2.80. The van der Waals surface area contributed by atoms with E-state index in [1.54, 1.807) is 0 Å². The first-order chi connectivity index (χ1) is 5.81. The Kier molecular flexibility index (Phi) is 13.3. The van der Waals surface area contributed by atoms with Crippen molar-refractivity contribution in [1.29, 1.82) is 0 Å². The maximum absolute atomic E-state index is 5.14. The number of hydrogen-bond acceptors (Lipinski definition) is 1. The maximum atomic E-state index is 5.14. The molecule has 0 bridgehead atoms. The van der Waals surface area contributed by atoms with Gasteiger partial charge in [-0.05, 0) is 19.9 Å². The smallest absolute Gasteiger partial charge is 0.00774 e. The van der Waals surface area contributed by atoms with Crippen molar-refractivity contribution in [3.63, 3.8) is 0 Å². The normalized spacial score (nSPS) is 7.92. The van der Waals surface area contributed by atoms with Crippen molar-refractivity contribution in [2.45, 2.75) is 26.7 Å². The van der Waals surface area contributed by atoms with Gasteiger partial charge in [0.1, 0.15) is 0 Å². The third kappa shape index (κ3) is 11.5. The number of benzene rings is 1. The minimum Gasteiger partial charge on any atom is -0.330 e. The highest BCUT2D eigenvalue weighted by Gasteiger charge is 1.72. The van der Waals surface area contributed by atoms with Gasteiger partial charge in [-0.25, -0.2) is 0 Å². The Bertz CT molecular complexity index is 173. The summed E-state index contributed by atoms with van der Waals surface area (Å²) in [4.78, 5) is 0. The molecule has 0 unspecified atom stereocenters. The van der Waals surface area contributed by atoms with Gasteiger partial charge >= 0.3 is 0 Å². The number of unbranched alkanes of at least 4 members (excludes halogenated alkanes) is 1. The van der Waals surface area contributed by atoms with Crippen LogP contribution in [-0.2, 0) is 0 Å². The molecule has 0 aliphatic heterocycles. The predicted octanol–water partition coefficient (Wildman–Crippen LogP) is 2.85. The van der Waals surface area contributed by atoms with E-state index in [9.17, 15) is 0 Å². The lowest BCUT2D eigenvalue weighted by Gasteiger charge is -1.82. The van der Waals surface area contributed by atoms with Crippen molar-refractivity contribution in [2.24, 2.45) is 5.73 Å². The van der Waals surface area contributed by atoms with Gasteiger partial charge in [-0.15, -0.1) is 0 Å². The molecule has 1 aromatic carbocycles. The molecule has 0 saturated heterocycles. The summed E-state index contributed by atoms with van der Waals surface area (Å²) >= 11 is 0. The summed E-state index contributed by atoms with van der Waals surface area (Å²) in [6, 6.07) is 10.3. The fourth-order valence-corrected chi connectivity index (χ4v) is 0.739. The van der Waals surface area contributed by atoms with E-state index >= 15 is 0 Å². The van der Waals surface area contributed by atoms with E-state index < -0.39 is 0 Å². The average molecular weight is 199 g/mol. The van der Waals surface area contributed by atoms with Crippen LogP contribution in [0.5, 0.6) is 0 Å². The maximum Gasteiger partial charge on any atom is -0.00774 e. The molecule has 2 heteroatoms. The zero-order valence-corrected chi connectivity index (χ0v) is 9.59. The highest BCUT2D eigenvalue weighted by Crippen LogP contribution is 1.92. The summed E-state index contributed by atoms with van der Waals surface area (Å²) in [5, 5.41) is 0. The summed E-state index contributed by atoms with van der Waals surface area (Å²) in [6.45, 7) is 5.06. The van der Waals surface area contributed by atoms with E-state index in [1.165, 1.54) is 18.4 Å². The number of rotatable bonds is 2. The Morgan fingerprint density at radius 2 is 1.69 bits per heavy atom. The fourth-order valence-electron chi connectivity index (χ4n) is 0.739. The quantitative estimate of drug-likeness (QED) is 0.779. The van der Waals surface area contributed by atoms with Crippen LogP contribution < -0.4 is 5.73 Å². The molecule has 0 radical (unpaired) electrons. The van der Waals surface area contributed by atoms with Gasteiger partial charge in [0.15, 0.2) is 0 Å². The van der Waals surface area contributed by atoms with Crippen LogP contribution in [-0.4, -0.2) is 6.54 Å². The lowest BCUT2D eigenvalue weighted by molar-refractivity contribution is 0.807. The van der Waals surface area contributed by atoms with Gasteiger partial charge in [-0.1, -0.05) is 49.2 Å². The molecule has 0 atom stereocenters. The lowest BCUT2D eigenvalue weighted by atomic mass is 10.2. The van der Waals surface area contributed by atoms with Crippen molar-refractivity contribution in [3.05, 3.63) is 35.9 Å². The van der Waals surface area contributed by atoms with E-state index in [4.69, 9.17) is 5.73 Å². The molecule has 0 aromatic heterocycles. The molecule has 1 rings (SSSR count). The van der Waals surface area contributed by atoms with Gasteiger partial charge in [-0.2, -0.15) is 13.5 Å². The van der Waals surface area contributed by atoms with Crippen LogP contribution >= 0.6 is 13.5 Å². The lowest BCUT2D eigenvalue weighted by Crippen LogP contribution is -1.95. The van der Waals surface area contributed by atoms with Crippen molar-refractivity contribution < 1.29 is 0 Å². The van der Waals surface area contributed by atoms with Crippen molar-refractivity contribution in [3.8, 4) is 0 Å². The fraction of sp³-hybridized carbons (Fsp3) is 0.455. The standard InChI is InChI=1S/C7H8.C4H11N.H2S/c1-7-5-3-2-4-6-7;1-2-3-4-5;/h2-6H,1H3;2-5H2,1H3;1H2. The predicted molar refractivity (Wildman–Crippen MR) is 65.5 cm³/mol. The number of hydrogen-bond donors (Lipinski definition) is 1. The second kappa shape index (κ2) is 11.5. The van der Waals surface area contributed by atoms with E-state index in [0.717, 1.165) is 6.54 Å². The SMILES string of the molecule is CCCCN.Cc1ccccc1.S. The van der Waals surface area contributed by atoms with Crippen LogP contribution in [0.4, 0.5) is 0 Å². The Hall–Kier alpha value is -0.470. The summed E-state index contributed by atoms with van der Waals surface area (Å²) in [6.07, 6.45) is 2.39. The van der Waals surface area contributed by atoms with Crippen LogP contribution in [0.3, 0.4) is 0 Å². The highest BCUT2D eigenvalue weighted by atomic mass is 32.1. The van der Waals surface area contributed by atoms with Gasteiger partial charge in [0.2, 0.25) is 0 Å². The third-order valence-electron chi connectivity index (χ3n) is 1.50. The van der Waals surface area contributed by atoms with Crippen molar-refractivity contribution in [1.82, 2.24) is 0 Å². The first-order valence-electron chi connectivity index (χ1n) is 4.53. The molecule has 0 aliphatic carbocycles. The zero-order chi connectivity index (χ0) is 9.23. The van der Waals surface area contributed by atoms with Gasteiger partial charge in [0.05, 0.1) is 0 Å². The molecule has 1 nitrogen and oxygen atoms in total. The molecule has 0 heterocycles. The number of nitrogens with two attached hydrogens (primary N) is 1. The van der Waals surface area contributed by atoms with Gasteiger partial charge < -0.3 is 5.73 Å². The van der Waals surface area contributed by atoms with Gasteiger partial charge in [-0.3, -0.25) is 0 Å². The molecular formula is C11H21NS. The van der Waals surface area contributed by atoms with Crippen molar-refractivity contribution >= 4 is 13.5 Å². The third-order valence-corrected chi connectivity index (χ3v) is 1.50. The van der Waals surface area contributed by atoms with Crippen LogP contribution in [0.15, 0.2) is 30.3 Å². The first-order valence-corrected chi connectivity index (χ1v) is 4.53. The van der Waals surface area contributed by atoms with Crippen LogP contribution in [0, 0.1) is 6.92 Å². The molecule has 0 amide bonds. The second-order valence-electron chi connectivity index (χ2n) is 2.80. The Morgan fingerprint density at radius 1 is 1.15 bits per heavy atom. The van der Waals surface area contributed by atoms with Crippen LogP contribution in [0.25, 0.3) is 0 Å². The largest absolute Gasteiger partial charge is 0.330 e. The summed E-state index contributed by atoms with van der Waals surface area (Å²) in [7, 11) is 0. The summed E-state index contributed by atoms with van der Waals surface area (Å²) in [5.41, 5.74) is 6.46. The first kappa shape index (κ1) is 15.0. The van der Waals surface area contributed by atoms with E-state index in [-0.39, 0.29) is 13.5 Å². The monoisotopic (exact) mass is 199 g/mol. The molecule has 13 heavy (non-hydrogen) atoms. The van der Waals surface area contributed by atoms with Gasteiger partial charge in [0, 0.05) is 0 Å². The van der Waals surface area contributed by atoms with Crippen LogP contribution in [0.1, 0.15) is 25.3 Å². The minimum absolute atomic E-state index is 0. The van der Waals surface area contributed by atoms with Gasteiger partial charge in [0.25, 0.3) is 0 Å². The molecule has 76 valence electrons. The summed E-state index contributed by atoms with van der Waals surface area (Å²) < 4.78 is 0. The minimum atomic E-state index is 0. The van der Waals surface area contributed by atoms with E-state index in [1.807, 2.05) is 18.2 Å². The molecule has 1 aromatic rings. The molecule has 0 aliphatic rings. The zero-order valence-electron chi connectivity index (χ0n) is 8.59.